The number of hydrogen-bond donors (Lipinski definition) is 5. The number of aliphatic hydroxyl groups excluding tert-OH is 3. The van der Waals surface area contributed by atoms with Gasteiger partial charge in [-0.05, 0) is 97.4 Å². The van der Waals surface area contributed by atoms with E-state index in [4.69, 9.17) is 4.55 Å². The first-order valence-corrected chi connectivity index (χ1v) is 14.8. The van der Waals surface area contributed by atoms with Gasteiger partial charge in [-0.1, -0.05) is 26.8 Å². The summed E-state index contributed by atoms with van der Waals surface area (Å²) >= 11 is 0. The lowest BCUT2D eigenvalue weighted by molar-refractivity contribution is -0.223. The smallest absolute Gasteiger partial charge is 0.266 e. The van der Waals surface area contributed by atoms with E-state index in [1.165, 1.54) is 6.08 Å². The summed E-state index contributed by atoms with van der Waals surface area (Å²) < 4.78 is 30.4. The molecule has 8 nitrogen and oxygen atoms in total. The normalized spacial score (nSPS) is 46.5. The molecule has 0 bridgehead atoms. The first-order chi connectivity index (χ1) is 16.3. The SMILES string of the molecule is CC(C=CC(=O)NCCS(=O)(=O)O)C1CCC2C3C(O)C(O)C4CC(O)CCC4(C)C3CCC12C. The van der Waals surface area contributed by atoms with Gasteiger partial charge >= 0.3 is 0 Å². The Hall–Kier alpha value is -1.00. The molecule has 4 fully saturated rings. The lowest BCUT2D eigenvalue weighted by Gasteiger charge is -2.63. The molecule has 0 saturated heterocycles. The first kappa shape index (κ1) is 27.0. The minimum absolute atomic E-state index is 0.00441. The van der Waals surface area contributed by atoms with Crippen LogP contribution < -0.4 is 5.32 Å². The number of allylic oxidation sites excluding steroid dienone is 1. The number of aliphatic hydroxyl groups is 3. The van der Waals surface area contributed by atoms with Gasteiger partial charge in [-0.3, -0.25) is 9.35 Å². The average Bonchev–Trinajstić information content (AvgIpc) is 3.13. The molecule has 4 aliphatic rings. The van der Waals surface area contributed by atoms with Crippen LogP contribution in [0.3, 0.4) is 0 Å². The summed E-state index contributed by atoms with van der Waals surface area (Å²) in [7, 11) is -4.11. The van der Waals surface area contributed by atoms with E-state index >= 15 is 0 Å². The van der Waals surface area contributed by atoms with E-state index < -0.39 is 34.2 Å². The number of carbonyl (C=O) groups is 1. The third-order valence-corrected chi connectivity index (χ3v) is 11.4. The summed E-state index contributed by atoms with van der Waals surface area (Å²) in [6.07, 6.45) is 7.65. The molecule has 0 aromatic rings. The second-order valence-electron chi connectivity index (χ2n) is 12.3. The number of nitrogens with one attached hydrogen (secondary N) is 1. The van der Waals surface area contributed by atoms with Crippen molar-refractivity contribution in [1.82, 2.24) is 5.32 Å². The fourth-order valence-corrected chi connectivity index (χ4v) is 9.24. The van der Waals surface area contributed by atoms with Crippen LogP contribution in [0.15, 0.2) is 12.2 Å². The molecule has 11 atom stereocenters. The Morgan fingerprint density at radius 2 is 1.66 bits per heavy atom. The Morgan fingerprint density at radius 1 is 1.00 bits per heavy atom. The standard InChI is InChI=1S/C26H43NO7S/c1-15(4-7-21(29)27-12-13-35(32,33)34)17-5-6-18-22-19(9-11-25(17,18)2)26(3)10-8-16(28)14-20(26)23(30)24(22)31/h4,7,15-20,22-24,28,30-31H,5-6,8-14H2,1-3H3,(H,27,29)(H,32,33,34). The van der Waals surface area contributed by atoms with Gasteiger partial charge in [0.2, 0.25) is 5.91 Å². The van der Waals surface area contributed by atoms with Crippen molar-refractivity contribution in [2.75, 3.05) is 12.3 Å². The predicted octanol–water partition coefficient (Wildman–Crippen LogP) is 2.14. The van der Waals surface area contributed by atoms with Gasteiger partial charge < -0.3 is 20.6 Å². The highest BCUT2D eigenvalue weighted by Gasteiger charge is 2.65. The lowest BCUT2D eigenvalue weighted by atomic mass is 9.43. The van der Waals surface area contributed by atoms with Crippen molar-refractivity contribution < 1.29 is 33.1 Å². The van der Waals surface area contributed by atoms with Gasteiger partial charge in [-0.25, -0.2) is 0 Å². The molecule has 11 unspecified atom stereocenters. The maximum Gasteiger partial charge on any atom is 0.266 e. The van der Waals surface area contributed by atoms with E-state index in [-0.39, 0.29) is 41.0 Å². The summed E-state index contributed by atoms with van der Waals surface area (Å²) in [5.74, 6) is 0.212. The Balaban J connectivity index is 1.46. The molecule has 4 rings (SSSR count). The predicted molar refractivity (Wildman–Crippen MR) is 132 cm³/mol. The zero-order valence-corrected chi connectivity index (χ0v) is 22.0. The summed E-state index contributed by atoms with van der Waals surface area (Å²) in [6.45, 7) is 6.57. The molecule has 4 saturated carbocycles. The van der Waals surface area contributed by atoms with Gasteiger partial charge in [0.05, 0.1) is 24.1 Å². The summed E-state index contributed by atoms with van der Waals surface area (Å²) in [6, 6.07) is 0. The molecule has 4 aliphatic carbocycles. The second kappa shape index (κ2) is 9.71. The van der Waals surface area contributed by atoms with Gasteiger partial charge in [-0.2, -0.15) is 8.42 Å². The fourth-order valence-electron chi connectivity index (χ4n) is 8.88. The third-order valence-electron chi connectivity index (χ3n) is 10.6. The largest absolute Gasteiger partial charge is 0.393 e. The molecular weight excluding hydrogens is 470 g/mol. The molecule has 9 heteroatoms. The van der Waals surface area contributed by atoms with Gasteiger partial charge in [-0.15, -0.1) is 0 Å². The Labute approximate surface area is 209 Å². The highest BCUT2D eigenvalue weighted by atomic mass is 32.2. The minimum Gasteiger partial charge on any atom is -0.393 e. The van der Waals surface area contributed by atoms with Crippen molar-refractivity contribution >= 4 is 16.0 Å². The van der Waals surface area contributed by atoms with Gasteiger partial charge in [0.25, 0.3) is 10.1 Å². The van der Waals surface area contributed by atoms with Crippen molar-refractivity contribution in [3.05, 3.63) is 12.2 Å². The molecule has 35 heavy (non-hydrogen) atoms. The van der Waals surface area contributed by atoms with Crippen molar-refractivity contribution in [2.45, 2.75) is 84.0 Å². The summed E-state index contributed by atoms with van der Waals surface area (Å²) in [5, 5.41) is 35.3. The highest BCUT2D eigenvalue weighted by molar-refractivity contribution is 7.85. The zero-order valence-electron chi connectivity index (χ0n) is 21.1. The Bertz CT molecular complexity index is 938. The van der Waals surface area contributed by atoms with Gasteiger partial charge in [0.1, 0.15) is 0 Å². The number of amides is 1. The third kappa shape index (κ3) is 4.96. The van der Waals surface area contributed by atoms with Crippen LogP contribution in [-0.2, 0) is 14.9 Å². The van der Waals surface area contributed by atoms with Crippen LogP contribution in [0.4, 0.5) is 0 Å². The van der Waals surface area contributed by atoms with Crippen LogP contribution in [0, 0.1) is 46.3 Å². The van der Waals surface area contributed by atoms with E-state index in [1.54, 1.807) is 0 Å². The van der Waals surface area contributed by atoms with Crippen molar-refractivity contribution in [3.8, 4) is 0 Å². The van der Waals surface area contributed by atoms with Crippen LogP contribution in [0.2, 0.25) is 0 Å². The van der Waals surface area contributed by atoms with E-state index in [0.717, 1.165) is 38.5 Å². The summed E-state index contributed by atoms with van der Waals surface area (Å²) in [4.78, 5) is 12.1. The van der Waals surface area contributed by atoms with Crippen molar-refractivity contribution in [1.29, 1.82) is 0 Å². The van der Waals surface area contributed by atoms with E-state index in [2.05, 4.69) is 26.1 Å². The zero-order chi connectivity index (χ0) is 25.8. The fraction of sp³-hybridized carbons (Fsp3) is 0.885. The van der Waals surface area contributed by atoms with Crippen LogP contribution >= 0.6 is 0 Å². The Kier molecular flexibility index (Phi) is 7.50. The molecule has 5 N–H and O–H groups in total. The highest BCUT2D eigenvalue weighted by Crippen LogP contribution is 2.68. The number of fused-ring (bicyclic) bond motifs is 5. The number of hydrogen-bond acceptors (Lipinski definition) is 6. The Morgan fingerprint density at radius 3 is 2.34 bits per heavy atom. The van der Waals surface area contributed by atoms with Crippen molar-refractivity contribution in [3.63, 3.8) is 0 Å². The quantitative estimate of drug-likeness (QED) is 0.270. The van der Waals surface area contributed by atoms with Crippen LogP contribution in [0.1, 0.15) is 65.7 Å². The van der Waals surface area contributed by atoms with E-state index in [1.807, 2.05) is 6.08 Å². The van der Waals surface area contributed by atoms with Crippen LogP contribution in [0.25, 0.3) is 0 Å². The van der Waals surface area contributed by atoms with Gasteiger partial charge in [0.15, 0.2) is 0 Å². The monoisotopic (exact) mass is 513 g/mol. The topological polar surface area (TPSA) is 144 Å². The molecule has 0 spiro atoms. The lowest BCUT2D eigenvalue weighted by Crippen LogP contribution is -2.64. The molecule has 0 aromatic carbocycles. The molecule has 0 heterocycles. The average molecular weight is 514 g/mol. The number of rotatable bonds is 6. The second-order valence-corrected chi connectivity index (χ2v) is 13.9. The molecule has 200 valence electrons. The maximum absolute atomic E-state index is 12.1. The van der Waals surface area contributed by atoms with Crippen molar-refractivity contribution in [2.24, 2.45) is 46.3 Å². The molecule has 0 radical (unpaired) electrons. The molecule has 1 amide bonds. The number of carbonyl (C=O) groups excluding carboxylic acids is 1. The molecule has 0 aromatic heterocycles. The molecule has 0 aliphatic heterocycles. The van der Waals surface area contributed by atoms with Gasteiger partial charge in [0, 0.05) is 6.54 Å². The first-order valence-electron chi connectivity index (χ1n) is 13.2. The van der Waals surface area contributed by atoms with Crippen LogP contribution in [-0.4, -0.2) is 64.8 Å². The molecular formula is C26H43NO7S. The maximum atomic E-state index is 12.1. The minimum atomic E-state index is -4.11. The van der Waals surface area contributed by atoms with E-state index in [9.17, 15) is 28.5 Å². The summed E-state index contributed by atoms with van der Waals surface area (Å²) in [5.41, 5.74) is -0.0575. The van der Waals surface area contributed by atoms with Crippen LogP contribution in [0.5, 0.6) is 0 Å². The van der Waals surface area contributed by atoms with E-state index in [0.29, 0.717) is 24.2 Å².